The Bertz CT molecular complexity index is 898. The van der Waals surface area contributed by atoms with Crippen molar-refractivity contribution in [3.8, 4) is 0 Å². The number of hydrogen-bond donors (Lipinski definition) is 1. The van der Waals surface area contributed by atoms with Crippen LogP contribution in [0.1, 0.15) is 64.1 Å². The first-order valence-electron chi connectivity index (χ1n) is 10.0. The first kappa shape index (κ1) is 21.2. The van der Waals surface area contributed by atoms with Crippen LogP contribution in [0.25, 0.3) is 0 Å². The van der Waals surface area contributed by atoms with E-state index in [0.717, 1.165) is 19.3 Å². The second-order valence-corrected chi connectivity index (χ2v) is 9.27. The Kier molecular flexibility index (Phi) is 6.85. The SMILES string of the molecule is CC(C)CC(=O)Nc1ccc(C(=O)COC(=O)c2cc3c(s2)CC[C@@H](C)C3)cc1. The third-order valence-corrected chi connectivity index (χ3v) is 6.17. The second kappa shape index (κ2) is 9.35. The molecule has 1 heterocycles. The molecule has 0 spiro atoms. The first-order valence-corrected chi connectivity index (χ1v) is 10.8. The summed E-state index contributed by atoms with van der Waals surface area (Å²) in [7, 11) is 0. The first-order chi connectivity index (χ1) is 13.8. The van der Waals surface area contributed by atoms with E-state index in [4.69, 9.17) is 4.74 Å². The highest BCUT2D eigenvalue weighted by Crippen LogP contribution is 2.32. The van der Waals surface area contributed by atoms with Gasteiger partial charge in [0.05, 0.1) is 0 Å². The smallest absolute Gasteiger partial charge is 0.348 e. The highest BCUT2D eigenvalue weighted by atomic mass is 32.1. The number of carbonyl (C=O) groups is 3. The van der Waals surface area contributed by atoms with Crippen LogP contribution in [0.4, 0.5) is 5.69 Å². The molecule has 1 atom stereocenters. The maximum atomic E-state index is 12.3. The molecule has 1 aromatic heterocycles. The van der Waals surface area contributed by atoms with Gasteiger partial charge in [-0.1, -0.05) is 20.8 Å². The van der Waals surface area contributed by atoms with Crippen LogP contribution in [0.5, 0.6) is 0 Å². The zero-order chi connectivity index (χ0) is 21.0. The molecule has 6 heteroatoms. The summed E-state index contributed by atoms with van der Waals surface area (Å²) in [6.45, 7) is 5.89. The number of ether oxygens (including phenoxy) is 1. The van der Waals surface area contributed by atoms with Gasteiger partial charge in [0.1, 0.15) is 4.88 Å². The lowest BCUT2D eigenvalue weighted by Crippen LogP contribution is -2.15. The number of Topliss-reactive ketones (excluding diaryl/α,β-unsaturated/α-hetero) is 1. The van der Waals surface area contributed by atoms with Crippen LogP contribution >= 0.6 is 11.3 Å². The summed E-state index contributed by atoms with van der Waals surface area (Å²) >= 11 is 1.48. The van der Waals surface area contributed by atoms with Crippen molar-refractivity contribution in [3.05, 3.63) is 51.2 Å². The van der Waals surface area contributed by atoms with E-state index in [1.54, 1.807) is 24.3 Å². The molecule has 0 saturated heterocycles. The lowest BCUT2D eigenvalue weighted by molar-refractivity contribution is -0.116. The molecule has 2 aromatic rings. The Morgan fingerprint density at radius 1 is 1.21 bits per heavy atom. The van der Waals surface area contributed by atoms with E-state index < -0.39 is 5.97 Å². The van der Waals surface area contributed by atoms with E-state index in [1.807, 2.05) is 19.9 Å². The normalized spacial score (nSPS) is 15.7. The number of aryl methyl sites for hydroxylation is 1. The fraction of sp³-hybridized carbons (Fsp3) is 0.435. The number of fused-ring (bicyclic) bond motifs is 1. The number of nitrogens with one attached hydrogen (secondary N) is 1. The number of anilines is 1. The number of carbonyl (C=O) groups excluding carboxylic acids is 3. The van der Waals surface area contributed by atoms with Crippen molar-refractivity contribution in [2.24, 2.45) is 11.8 Å². The number of benzene rings is 1. The Balaban J connectivity index is 1.52. The monoisotopic (exact) mass is 413 g/mol. The molecular weight excluding hydrogens is 386 g/mol. The lowest BCUT2D eigenvalue weighted by atomic mass is 9.90. The Morgan fingerprint density at radius 2 is 1.93 bits per heavy atom. The number of rotatable bonds is 7. The van der Waals surface area contributed by atoms with Gasteiger partial charge in [-0.3, -0.25) is 9.59 Å². The van der Waals surface area contributed by atoms with E-state index in [0.29, 0.717) is 28.5 Å². The maximum Gasteiger partial charge on any atom is 0.348 e. The van der Waals surface area contributed by atoms with Crippen LogP contribution in [-0.2, 0) is 22.4 Å². The summed E-state index contributed by atoms with van der Waals surface area (Å²) in [5.74, 6) is 0.154. The Labute approximate surface area is 175 Å². The third kappa shape index (κ3) is 5.76. The summed E-state index contributed by atoms with van der Waals surface area (Å²) in [5, 5.41) is 2.80. The van der Waals surface area contributed by atoms with Crippen molar-refractivity contribution in [3.63, 3.8) is 0 Å². The van der Waals surface area contributed by atoms with Crippen molar-refractivity contribution in [1.82, 2.24) is 0 Å². The van der Waals surface area contributed by atoms with Crippen LogP contribution in [-0.4, -0.2) is 24.3 Å². The molecule has 0 radical (unpaired) electrons. The molecular formula is C23H27NO4S. The van der Waals surface area contributed by atoms with E-state index >= 15 is 0 Å². The van der Waals surface area contributed by atoms with Crippen LogP contribution in [0.3, 0.4) is 0 Å². The number of thiophene rings is 1. The maximum absolute atomic E-state index is 12.3. The minimum absolute atomic E-state index is 0.0546. The molecule has 1 amide bonds. The van der Waals surface area contributed by atoms with E-state index in [9.17, 15) is 14.4 Å². The average molecular weight is 414 g/mol. The van der Waals surface area contributed by atoms with Crippen LogP contribution < -0.4 is 5.32 Å². The number of amides is 1. The van der Waals surface area contributed by atoms with Gasteiger partial charge in [-0.05, 0) is 67.0 Å². The van der Waals surface area contributed by atoms with Gasteiger partial charge in [0.2, 0.25) is 5.91 Å². The molecule has 0 aliphatic heterocycles. The quantitative estimate of drug-likeness (QED) is 0.518. The summed E-state index contributed by atoms with van der Waals surface area (Å²) in [5.41, 5.74) is 2.32. The van der Waals surface area contributed by atoms with Gasteiger partial charge in [-0.15, -0.1) is 11.3 Å². The summed E-state index contributed by atoms with van der Waals surface area (Å²) < 4.78 is 5.24. The molecule has 0 saturated carbocycles. The van der Waals surface area contributed by atoms with Crippen molar-refractivity contribution < 1.29 is 19.1 Å². The van der Waals surface area contributed by atoms with Crippen molar-refractivity contribution >= 4 is 34.7 Å². The molecule has 154 valence electrons. The lowest BCUT2D eigenvalue weighted by Gasteiger charge is -2.16. The topological polar surface area (TPSA) is 72.5 Å². The van der Waals surface area contributed by atoms with Crippen LogP contribution in [0.15, 0.2) is 30.3 Å². The molecule has 0 fully saturated rings. The fourth-order valence-electron chi connectivity index (χ4n) is 3.41. The van der Waals surface area contributed by atoms with E-state index in [2.05, 4.69) is 12.2 Å². The summed E-state index contributed by atoms with van der Waals surface area (Å²) in [4.78, 5) is 38.3. The number of hydrogen-bond acceptors (Lipinski definition) is 5. The Morgan fingerprint density at radius 3 is 2.62 bits per heavy atom. The molecule has 1 aliphatic rings. The average Bonchev–Trinajstić information content (AvgIpc) is 3.09. The predicted molar refractivity (Wildman–Crippen MR) is 115 cm³/mol. The van der Waals surface area contributed by atoms with Gasteiger partial charge in [-0.25, -0.2) is 4.79 Å². The minimum atomic E-state index is -0.442. The van der Waals surface area contributed by atoms with Gasteiger partial charge < -0.3 is 10.1 Å². The molecule has 3 rings (SSSR count). The minimum Gasteiger partial charge on any atom is -0.453 e. The van der Waals surface area contributed by atoms with Crippen molar-refractivity contribution in [2.75, 3.05) is 11.9 Å². The highest BCUT2D eigenvalue weighted by Gasteiger charge is 2.22. The second-order valence-electron chi connectivity index (χ2n) is 8.13. The van der Waals surface area contributed by atoms with E-state index in [1.165, 1.54) is 21.8 Å². The summed E-state index contributed by atoms with van der Waals surface area (Å²) in [6, 6.07) is 8.54. The molecule has 5 nitrogen and oxygen atoms in total. The molecule has 1 aliphatic carbocycles. The number of ketones is 1. The van der Waals surface area contributed by atoms with Gasteiger partial charge in [0.25, 0.3) is 0 Å². The largest absolute Gasteiger partial charge is 0.453 e. The van der Waals surface area contributed by atoms with Crippen LogP contribution in [0, 0.1) is 11.8 Å². The van der Waals surface area contributed by atoms with Gasteiger partial charge in [-0.2, -0.15) is 0 Å². The molecule has 0 bridgehead atoms. The van der Waals surface area contributed by atoms with Crippen molar-refractivity contribution in [1.29, 1.82) is 0 Å². The number of esters is 1. The highest BCUT2D eigenvalue weighted by molar-refractivity contribution is 7.14. The van der Waals surface area contributed by atoms with E-state index in [-0.39, 0.29) is 24.2 Å². The molecule has 1 aromatic carbocycles. The van der Waals surface area contributed by atoms with Crippen molar-refractivity contribution in [2.45, 2.75) is 46.5 Å². The Hall–Kier alpha value is -2.47. The van der Waals surface area contributed by atoms with Gasteiger partial charge in [0, 0.05) is 22.5 Å². The van der Waals surface area contributed by atoms with Gasteiger partial charge in [0.15, 0.2) is 12.4 Å². The predicted octanol–water partition coefficient (Wildman–Crippen LogP) is 4.90. The summed E-state index contributed by atoms with van der Waals surface area (Å²) in [6.07, 6.45) is 3.60. The zero-order valence-electron chi connectivity index (χ0n) is 17.1. The molecule has 0 unspecified atom stereocenters. The molecule has 29 heavy (non-hydrogen) atoms. The third-order valence-electron chi connectivity index (χ3n) is 4.95. The zero-order valence-corrected chi connectivity index (χ0v) is 17.9. The fourth-order valence-corrected chi connectivity index (χ4v) is 4.52. The molecule has 1 N–H and O–H groups in total. The standard InChI is InChI=1S/C23H27NO4S/c1-14(2)10-22(26)24-18-7-5-16(6-8-18)19(25)13-28-23(27)21-12-17-11-15(3)4-9-20(17)29-21/h5-8,12,14-15H,4,9-11,13H2,1-3H3,(H,24,26)/t15-/m1/s1. The van der Waals surface area contributed by atoms with Gasteiger partial charge >= 0.3 is 5.97 Å². The van der Waals surface area contributed by atoms with Crippen LogP contribution in [0.2, 0.25) is 0 Å².